The number of nitrogens with one attached hydrogen (secondary N) is 2. The van der Waals surface area contributed by atoms with Crippen molar-refractivity contribution in [2.75, 3.05) is 18.4 Å². The lowest BCUT2D eigenvalue weighted by molar-refractivity contribution is 0.0919. The molecule has 2 aromatic carbocycles. The van der Waals surface area contributed by atoms with E-state index in [4.69, 9.17) is 0 Å². The molecule has 1 aliphatic heterocycles. The van der Waals surface area contributed by atoms with Crippen molar-refractivity contribution in [2.45, 2.75) is 18.9 Å². The highest BCUT2D eigenvalue weighted by atomic mass is 16.2. The van der Waals surface area contributed by atoms with Crippen molar-refractivity contribution in [3.63, 3.8) is 0 Å². The summed E-state index contributed by atoms with van der Waals surface area (Å²) in [4.78, 5) is 26.6. The Morgan fingerprint density at radius 1 is 0.967 bits per heavy atom. The number of nitrogens with zero attached hydrogens (tertiary/aromatic N) is 3. The van der Waals surface area contributed by atoms with Gasteiger partial charge in [0, 0.05) is 38.1 Å². The summed E-state index contributed by atoms with van der Waals surface area (Å²) in [5, 5.41) is 10.0. The van der Waals surface area contributed by atoms with Gasteiger partial charge in [0.2, 0.25) is 0 Å². The highest BCUT2D eigenvalue weighted by Crippen LogP contribution is 2.21. The average Bonchev–Trinajstić information content (AvgIpc) is 3.22. The molecule has 0 aliphatic carbocycles. The third kappa shape index (κ3) is 4.68. The quantitative estimate of drug-likeness (QED) is 0.700. The van der Waals surface area contributed by atoms with E-state index in [2.05, 4.69) is 27.9 Å². The standard InChI is InChI=1S/C23H25N5O2/c1-27-16-19(15-24-27)22(29)25-21-11-13-28(14-12-21)23(30)26-20-9-7-18(8-10-20)17-5-3-2-4-6-17/h2-10,15-16,21H,11-14H2,1H3,(H,25,29)(H,26,30). The van der Waals surface area contributed by atoms with Crippen molar-refractivity contribution in [3.05, 3.63) is 72.6 Å². The molecule has 3 aromatic rings. The Labute approximate surface area is 175 Å². The van der Waals surface area contributed by atoms with E-state index in [1.54, 1.807) is 29.0 Å². The smallest absolute Gasteiger partial charge is 0.321 e. The zero-order valence-electron chi connectivity index (χ0n) is 16.9. The van der Waals surface area contributed by atoms with E-state index in [9.17, 15) is 9.59 Å². The Kier molecular flexibility index (Phi) is 5.79. The summed E-state index contributed by atoms with van der Waals surface area (Å²) in [7, 11) is 1.78. The first-order chi connectivity index (χ1) is 14.6. The number of amides is 3. The van der Waals surface area contributed by atoms with Crippen LogP contribution in [0.4, 0.5) is 10.5 Å². The van der Waals surface area contributed by atoms with Gasteiger partial charge < -0.3 is 15.5 Å². The number of piperidine rings is 1. The number of carbonyl (C=O) groups is 2. The molecule has 2 N–H and O–H groups in total. The van der Waals surface area contributed by atoms with Gasteiger partial charge in [0.05, 0.1) is 11.8 Å². The number of anilines is 1. The van der Waals surface area contributed by atoms with E-state index < -0.39 is 0 Å². The fourth-order valence-corrected chi connectivity index (χ4v) is 3.61. The average molecular weight is 403 g/mol. The lowest BCUT2D eigenvalue weighted by Gasteiger charge is -2.32. The minimum absolute atomic E-state index is 0.0620. The van der Waals surface area contributed by atoms with E-state index in [1.165, 1.54) is 0 Å². The molecule has 7 nitrogen and oxygen atoms in total. The number of hydrogen-bond acceptors (Lipinski definition) is 3. The van der Waals surface area contributed by atoms with E-state index >= 15 is 0 Å². The van der Waals surface area contributed by atoms with Crippen LogP contribution >= 0.6 is 0 Å². The molecule has 1 saturated heterocycles. The van der Waals surface area contributed by atoms with Crippen molar-refractivity contribution in [3.8, 4) is 11.1 Å². The molecule has 1 aromatic heterocycles. The largest absolute Gasteiger partial charge is 0.349 e. The third-order valence-electron chi connectivity index (χ3n) is 5.33. The fourth-order valence-electron chi connectivity index (χ4n) is 3.61. The summed E-state index contributed by atoms with van der Waals surface area (Å²) >= 11 is 0. The first kappa shape index (κ1) is 19.7. The maximum atomic E-state index is 12.6. The number of urea groups is 1. The Hall–Kier alpha value is -3.61. The molecule has 0 unspecified atom stereocenters. The molecular weight excluding hydrogens is 378 g/mol. The molecule has 4 rings (SSSR count). The normalized spacial score (nSPS) is 14.4. The molecular formula is C23H25N5O2. The second-order valence-corrected chi connectivity index (χ2v) is 7.51. The van der Waals surface area contributed by atoms with Crippen LogP contribution in [0.5, 0.6) is 0 Å². The summed E-state index contributed by atoms with van der Waals surface area (Å²) in [6.07, 6.45) is 4.71. The number of likely N-dealkylation sites (tertiary alicyclic amines) is 1. The van der Waals surface area contributed by atoms with Crippen LogP contribution in [0.2, 0.25) is 0 Å². The summed E-state index contributed by atoms with van der Waals surface area (Å²) in [5.41, 5.74) is 3.58. The van der Waals surface area contributed by atoms with Gasteiger partial charge in [-0.05, 0) is 36.1 Å². The minimum Gasteiger partial charge on any atom is -0.349 e. The number of rotatable bonds is 4. The number of benzene rings is 2. The second-order valence-electron chi connectivity index (χ2n) is 7.51. The van der Waals surface area contributed by atoms with Gasteiger partial charge >= 0.3 is 6.03 Å². The van der Waals surface area contributed by atoms with Crippen LogP contribution in [0.25, 0.3) is 11.1 Å². The summed E-state index contributed by atoms with van der Waals surface area (Å²) in [5.74, 6) is -0.121. The molecule has 0 spiro atoms. The minimum atomic E-state index is -0.121. The summed E-state index contributed by atoms with van der Waals surface area (Å²) < 4.78 is 1.61. The van der Waals surface area contributed by atoms with Crippen LogP contribution in [-0.4, -0.2) is 45.8 Å². The topological polar surface area (TPSA) is 79.3 Å². The molecule has 1 aliphatic rings. The second kappa shape index (κ2) is 8.82. The van der Waals surface area contributed by atoms with Crippen molar-refractivity contribution in [2.24, 2.45) is 7.05 Å². The van der Waals surface area contributed by atoms with Gasteiger partial charge in [-0.1, -0.05) is 42.5 Å². The molecule has 154 valence electrons. The Morgan fingerprint density at radius 3 is 2.27 bits per heavy atom. The van der Waals surface area contributed by atoms with Crippen LogP contribution in [0, 0.1) is 0 Å². The van der Waals surface area contributed by atoms with Crippen molar-refractivity contribution >= 4 is 17.6 Å². The van der Waals surface area contributed by atoms with Crippen LogP contribution in [0.1, 0.15) is 23.2 Å². The lowest BCUT2D eigenvalue weighted by atomic mass is 10.0. The monoisotopic (exact) mass is 403 g/mol. The van der Waals surface area contributed by atoms with Gasteiger partial charge in [-0.15, -0.1) is 0 Å². The zero-order valence-corrected chi connectivity index (χ0v) is 16.9. The van der Waals surface area contributed by atoms with Gasteiger partial charge in [-0.25, -0.2) is 4.79 Å². The first-order valence-corrected chi connectivity index (χ1v) is 10.1. The SMILES string of the molecule is Cn1cc(C(=O)NC2CCN(C(=O)Nc3ccc(-c4ccccc4)cc3)CC2)cn1. The predicted molar refractivity (Wildman–Crippen MR) is 116 cm³/mol. The number of aryl methyl sites for hydroxylation is 1. The van der Waals surface area contributed by atoms with E-state index in [0.717, 1.165) is 29.7 Å². The van der Waals surface area contributed by atoms with Gasteiger partial charge in [-0.3, -0.25) is 9.48 Å². The number of aromatic nitrogens is 2. The van der Waals surface area contributed by atoms with Gasteiger partial charge in [0.15, 0.2) is 0 Å². The number of hydrogen-bond donors (Lipinski definition) is 2. The van der Waals surface area contributed by atoms with Crippen LogP contribution < -0.4 is 10.6 Å². The maximum Gasteiger partial charge on any atom is 0.321 e. The number of carbonyl (C=O) groups excluding carboxylic acids is 2. The van der Waals surface area contributed by atoms with Gasteiger partial charge in [-0.2, -0.15) is 5.10 Å². The molecule has 3 amide bonds. The molecule has 2 heterocycles. The molecule has 1 fully saturated rings. The van der Waals surface area contributed by atoms with Crippen molar-refractivity contribution in [1.82, 2.24) is 20.0 Å². The van der Waals surface area contributed by atoms with Crippen LogP contribution in [0.3, 0.4) is 0 Å². The molecule has 30 heavy (non-hydrogen) atoms. The maximum absolute atomic E-state index is 12.6. The lowest BCUT2D eigenvalue weighted by Crippen LogP contribution is -2.47. The van der Waals surface area contributed by atoms with Crippen LogP contribution in [0.15, 0.2) is 67.0 Å². The van der Waals surface area contributed by atoms with Crippen LogP contribution in [-0.2, 0) is 7.05 Å². The summed E-state index contributed by atoms with van der Waals surface area (Å²) in [6.45, 7) is 1.21. The molecule has 0 saturated carbocycles. The molecule has 7 heteroatoms. The van der Waals surface area contributed by atoms with E-state index in [-0.39, 0.29) is 18.0 Å². The highest BCUT2D eigenvalue weighted by molar-refractivity contribution is 5.94. The summed E-state index contributed by atoms with van der Waals surface area (Å²) in [6, 6.07) is 17.9. The third-order valence-corrected chi connectivity index (χ3v) is 5.33. The first-order valence-electron chi connectivity index (χ1n) is 10.1. The predicted octanol–water partition coefficient (Wildman–Crippen LogP) is 3.51. The molecule has 0 bridgehead atoms. The fraction of sp³-hybridized carbons (Fsp3) is 0.261. The van der Waals surface area contributed by atoms with Gasteiger partial charge in [0.1, 0.15) is 0 Å². The van der Waals surface area contributed by atoms with Crippen molar-refractivity contribution < 1.29 is 9.59 Å². The Morgan fingerprint density at radius 2 is 1.63 bits per heavy atom. The zero-order chi connectivity index (χ0) is 20.9. The Balaban J connectivity index is 1.27. The molecule has 0 radical (unpaired) electrons. The van der Waals surface area contributed by atoms with E-state index in [0.29, 0.717) is 18.7 Å². The molecule has 0 atom stereocenters. The van der Waals surface area contributed by atoms with E-state index in [1.807, 2.05) is 42.5 Å². The van der Waals surface area contributed by atoms with Crippen molar-refractivity contribution in [1.29, 1.82) is 0 Å². The Bertz CT molecular complexity index is 1010. The van der Waals surface area contributed by atoms with Gasteiger partial charge in [0.25, 0.3) is 5.91 Å². The highest BCUT2D eigenvalue weighted by Gasteiger charge is 2.24.